The Morgan fingerprint density at radius 1 is 1.42 bits per heavy atom. The number of hydrogen-bond donors (Lipinski definition) is 1. The van der Waals surface area contributed by atoms with E-state index in [1.54, 1.807) is 0 Å². The van der Waals surface area contributed by atoms with Crippen LogP contribution >= 0.6 is 24.0 Å². The molecule has 3 rings (SSSR count). The SMILES string of the molecule is CCCNC(=NCC1CCS(=O)(=O)C1)N1CCC2(CCOC2)C1.I. The van der Waals surface area contributed by atoms with Gasteiger partial charge in [0.15, 0.2) is 15.8 Å². The van der Waals surface area contributed by atoms with Gasteiger partial charge in [-0.05, 0) is 31.6 Å². The standard InChI is InChI=1S/C16H29N3O3S.HI/c1-2-6-17-15(18-10-14-3-9-23(20,21)11-14)19-7-4-16(12-19)5-8-22-13-16;/h14H,2-13H2,1H3,(H,17,18);1H. The lowest BCUT2D eigenvalue weighted by atomic mass is 9.87. The Labute approximate surface area is 162 Å². The Morgan fingerprint density at radius 3 is 2.88 bits per heavy atom. The lowest BCUT2D eigenvalue weighted by Crippen LogP contribution is -2.42. The molecule has 0 radical (unpaired) electrons. The first kappa shape index (κ1) is 20.2. The molecule has 1 spiro atoms. The quantitative estimate of drug-likeness (QED) is 0.383. The molecule has 0 amide bonds. The molecule has 3 aliphatic rings. The number of guanidine groups is 1. The van der Waals surface area contributed by atoms with Crippen molar-refractivity contribution < 1.29 is 13.2 Å². The molecule has 24 heavy (non-hydrogen) atoms. The van der Waals surface area contributed by atoms with Gasteiger partial charge in [0, 0.05) is 38.2 Å². The fourth-order valence-corrected chi connectivity index (χ4v) is 5.67. The molecule has 1 N–H and O–H groups in total. The Bertz CT molecular complexity index is 547. The zero-order chi connectivity index (χ0) is 16.3. The summed E-state index contributed by atoms with van der Waals surface area (Å²) in [4.78, 5) is 7.11. The van der Waals surface area contributed by atoms with Crippen LogP contribution in [0.4, 0.5) is 0 Å². The van der Waals surface area contributed by atoms with Crippen molar-refractivity contribution in [1.29, 1.82) is 0 Å². The van der Waals surface area contributed by atoms with Crippen LogP contribution in [0, 0.1) is 11.3 Å². The summed E-state index contributed by atoms with van der Waals surface area (Å²) in [5, 5.41) is 3.45. The number of nitrogens with one attached hydrogen (secondary N) is 1. The topological polar surface area (TPSA) is 71.0 Å². The van der Waals surface area contributed by atoms with Gasteiger partial charge in [-0.3, -0.25) is 4.99 Å². The van der Waals surface area contributed by atoms with Gasteiger partial charge in [-0.2, -0.15) is 0 Å². The number of halogens is 1. The van der Waals surface area contributed by atoms with Crippen molar-refractivity contribution in [2.75, 3.05) is 50.9 Å². The number of likely N-dealkylation sites (tertiary alicyclic amines) is 1. The van der Waals surface area contributed by atoms with Crippen molar-refractivity contribution in [3.63, 3.8) is 0 Å². The van der Waals surface area contributed by atoms with E-state index >= 15 is 0 Å². The molecular weight excluding hydrogens is 441 g/mol. The van der Waals surface area contributed by atoms with E-state index in [0.717, 1.165) is 64.5 Å². The lowest BCUT2D eigenvalue weighted by molar-refractivity contribution is 0.156. The Hall–Kier alpha value is -0.0900. The second-order valence-electron chi connectivity index (χ2n) is 7.33. The summed E-state index contributed by atoms with van der Waals surface area (Å²) in [7, 11) is -2.82. The van der Waals surface area contributed by atoms with Crippen LogP contribution in [0.25, 0.3) is 0 Å². The van der Waals surface area contributed by atoms with Crippen LogP contribution < -0.4 is 5.32 Å². The molecular formula is C16H30IN3O3S. The third-order valence-electron chi connectivity index (χ3n) is 5.28. The average Bonchev–Trinajstić information content (AvgIpc) is 3.22. The normalized spacial score (nSPS) is 32.3. The van der Waals surface area contributed by atoms with Gasteiger partial charge < -0.3 is 15.0 Å². The molecule has 0 saturated carbocycles. The third-order valence-corrected chi connectivity index (χ3v) is 7.12. The first-order valence-corrected chi connectivity index (χ1v) is 10.7. The van der Waals surface area contributed by atoms with E-state index in [0.29, 0.717) is 23.5 Å². The largest absolute Gasteiger partial charge is 0.381 e. The smallest absolute Gasteiger partial charge is 0.193 e. The number of sulfone groups is 1. The summed E-state index contributed by atoms with van der Waals surface area (Å²) >= 11 is 0. The predicted molar refractivity (Wildman–Crippen MR) is 107 cm³/mol. The molecule has 2 atom stereocenters. The van der Waals surface area contributed by atoms with Crippen molar-refractivity contribution in [2.45, 2.75) is 32.6 Å². The van der Waals surface area contributed by atoms with Crippen molar-refractivity contribution in [3.8, 4) is 0 Å². The Morgan fingerprint density at radius 2 is 2.25 bits per heavy atom. The molecule has 0 aromatic heterocycles. The van der Waals surface area contributed by atoms with Crippen LogP contribution in [0.5, 0.6) is 0 Å². The molecule has 0 aromatic carbocycles. The van der Waals surface area contributed by atoms with Crippen molar-refractivity contribution in [1.82, 2.24) is 10.2 Å². The lowest BCUT2D eigenvalue weighted by Gasteiger charge is -2.25. The van der Waals surface area contributed by atoms with Gasteiger partial charge >= 0.3 is 0 Å². The van der Waals surface area contributed by atoms with Crippen LogP contribution in [0.2, 0.25) is 0 Å². The van der Waals surface area contributed by atoms with Crippen LogP contribution in [0.15, 0.2) is 4.99 Å². The van der Waals surface area contributed by atoms with Crippen LogP contribution in [-0.4, -0.2) is 70.2 Å². The average molecular weight is 471 g/mol. The van der Waals surface area contributed by atoms with Crippen LogP contribution in [0.3, 0.4) is 0 Å². The van der Waals surface area contributed by atoms with E-state index in [4.69, 9.17) is 9.73 Å². The fraction of sp³-hybridized carbons (Fsp3) is 0.938. The fourth-order valence-electron chi connectivity index (χ4n) is 3.82. The molecule has 140 valence electrons. The minimum absolute atomic E-state index is 0. The van der Waals surface area contributed by atoms with E-state index in [-0.39, 0.29) is 29.9 Å². The first-order valence-electron chi connectivity index (χ1n) is 8.83. The molecule has 3 saturated heterocycles. The van der Waals surface area contributed by atoms with Crippen LogP contribution in [0.1, 0.15) is 32.6 Å². The summed E-state index contributed by atoms with van der Waals surface area (Å²) in [5.41, 5.74) is 0.311. The molecule has 8 heteroatoms. The third kappa shape index (κ3) is 4.97. The molecule has 3 heterocycles. The second-order valence-corrected chi connectivity index (χ2v) is 9.56. The maximum absolute atomic E-state index is 11.6. The van der Waals surface area contributed by atoms with Gasteiger partial charge in [0.05, 0.1) is 18.1 Å². The number of rotatable bonds is 4. The van der Waals surface area contributed by atoms with E-state index in [2.05, 4.69) is 17.1 Å². The monoisotopic (exact) mass is 471 g/mol. The predicted octanol–water partition coefficient (Wildman–Crippen LogP) is 1.51. The summed E-state index contributed by atoms with van der Waals surface area (Å²) in [6, 6.07) is 0. The number of hydrogen-bond acceptors (Lipinski definition) is 4. The molecule has 6 nitrogen and oxygen atoms in total. The highest BCUT2D eigenvalue weighted by atomic mass is 127. The van der Waals surface area contributed by atoms with Gasteiger partial charge in [-0.25, -0.2) is 8.42 Å². The highest BCUT2D eigenvalue weighted by molar-refractivity contribution is 14.0. The van der Waals surface area contributed by atoms with E-state index in [1.165, 1.54) is 0 Å². The first-order chi connectivity index (χ1) is 11.0. The summed E-state index contributed by atoms with van der Waals surface area (Å²) < 4.78 is 28.8. The van der Waals surface area contributed by atoms with E-state index in [1.807, 2.05) is 0 Å². The number of ether oxygens (including phenoxy) is 1. The second kappa shape index (κ2) is 8.53. The van der Waals surface area contributed by atoms with Crippen molar-refractivity contribution in [2.24, 2.45) is 16.3 Å². The highest BCUT2D eigenvalue weighted by Crippen LogP contribution is 2.38. The minimum atomic E-state index is -2.82. The highest BCUT2D eigenvalue weighted by Gasteiger charge is 2.42. The minimum Gasteiger partial charge on any atom is -0.381 e. The zero-order valence-electron chi connectivity index (χ0n) is 14.5. The molecule has 0 bridgehead atoms. The van der Waals surface area contributed by atoms with E-state index < -0.39 is 9.84 Å². The molecule has 0 aliphatic carbocycles. The van der Waals surface area contributed by atoms with Gasteiger partial charge in [-0.15, -0.1) is 24.0 Å². The van der Waals surface area contributed by atoms with Gasteiger partial charge in [0.1, 0.15) is 0 Å². The molecule has 2 unspecified atom stereocenters. The van der Waals surface area contributed by atoms with Crippen LogP contribution in [-0.2, 0) is 14.6 Å². The Kier molecular flexibility index (Phi) is 7.19. The maximum Gasteiger partial charge on any atom is 0.193 e. The molecule has 3 aliphatic heterocycles. The van der Waals surface area contributed by atoms with Gasteiger partial charge in [0.25, 0.3) is 0 Å². The number of nitrogens with zero attached hydrogens (tertiary/aromatic N) is 2. The number of aliphatic imine (C=N–C) groups is 1. The summed E-state index contributed by atoms with van der Waals surface area (Å²) in [5.74, 6) is 1.77. The Balaban J connectivity index is 0.00000208. The van der Waals surface area contributed by atoms with Crippen molar-refractivity contribution in [3.05, 3.63) is 0 Å². The summed E-state index contributed by atoms with van der Waals surface area (Å²) in [6.45, 7) is 7.43. The molecule has 3 fully saturated rings. The summed E-state index contributed by atoms with van der Waals surface area (Å²) in [6.07, 6.45) is 4.12. The van der Waals surface area contributed by atoms with Gasteiger partial charge in [0.2, 0.25) is 0 Å². The van der Waals surface area contributed by atoms with Gasteiger partial charge in [-0.1, -0.05) is 6.92 Å². The maximum atomic E-state index is 11.6. The van der Waals surface area contributed by atoms with Crippen molar-refractivity contribution >= 4 is 39.8 Å². The molecule has 0 aromatic rings. The van der Waals surface area contributed by atoms with E-state index in [9.17, 15) is 8.42 Å². The zero-order valence-corrected chi connectivity index (χ0v) is 17.6.